The summed E-state index contributed by atoms with van der Waals surface area (Å²) in [6.45, 7) is 5.45. The van der Waals surface area contributed by atoms with Gasteiger partial charge in [-0.25, -0.2) is 18.1 Å². The molecule has 118 valence electrons. The molecule has 1 aromatic rings. The molecule has 21 heavy (non-hydrogen) atoms. The molecule has 0 saturated heterocycles. The van der Waals surface area contributed by atoms with Crippen LogP contribution in [0.2, 0.25) is 0 Å². The number of hydrogen-bond donors (Lipinski definition) is 3. The molecule has 0 aliphatic carbocycles. The van der Waals surface area contributed by atoms with Crippen molar-refractivity contribution in [1.82, 2.24) is 10.0 Å². The van der Waals surface area contributed by atoms with Gasteiger partial charge < -0.3 is 11.1 Å². The lowest BCUT2D eigenvalue weighted by Crippen LogP contribution is -2.34. The number of guanidine groups is 1. The summed E-state index contributed by atoms with van der Waals surface area (Å²) >= 11 is 0. The summed E-state index contributed by atoms with van der Waals surface area (Å²) in [5.41, 5.74) is 7.47. The topological polar surface area (TPSA) is 96.6 Å². The maximum absolute atomic E-state index is 11.4. The molecular weight excluding hydrogens is 288 g/mol. The van der Waals surface area contributed by atoms with E-state index in [4.69, 9.17) is 5.73 Å². The number of rotatable bonds is 7. The van der Waals surface area contributed by atoms with Crippen LogP contribution in [0.3, 0.4) is 0 Å². The van der Waals surface area contributed by atoms with Crippen molar-refractivity contribution in [3.8, 4) is 0 Å². The molecule has 0 spiro atoms. The number of nitrogens with zero attached hydrogens (tertiary/aromatic N) is 1. The minimum Gasteiger partial charge on any atom is -0.370 e. The average molecular weight is 312 g/mol. The molecule has 0 aliphatic rings. The molecule has 0 aromatic heterocycles. The zero-order chi connectivity index (χ0) is 15.9. The van der Waals surface area contributed by atoms with Gasteiger partial charge in [-0.1, -0.05) is 38.1 Å². The van der Waals surface area contributed by atoms with Crippen LogP contribution in [-0.2, 0) is 22.3 Å². The highest BCUT2D eigenvalue weighted by Crippen LogP contribution is 2.08. The second kappa shape index (κ2) is 7.99. The molecule has 0 fully saturated rings. The zero-order valence-electron chi connectivity index (χ0n) is 12.8. The molecule has 0 bridgehead atoms. The molecule has 0 heterocycles. The van der Waals surface area contributed by atoms with Crippen molar-refractivity contribution in [3.05, 3.63) is 35.4 Å². The average Bonchev–Trinajstić information content (AvgIpc) is 2.44. The SMILES string of the molecule is CNS(=O)(=O)Cc1ccc(CN=C(N)NCC(C)C)cc1. The Morgan fingerprint density at radius 3 is 2.33 bits per heavy atom. The predicted octanol–water partition coefficient (Wildman–Crippen LogP) is 0.796. The van der Waals surface area contributed by atoms with E-state index in [0.29, 0.717) is 18.4 Å². The van der Waals surface area contributed by atoms with Crippen LogP contribution in [0.1, 0.15) is 25.0 Å². The van der Waals surface area contributed by atoms with E-state index in [2.05, 4.69) is 28.9 Å². The Hall–Kier alpha value is -1.60. The van der Waals surface area contributed by atoms with Crippen molar-refractivity contribution in [1.29, 1.82) is 0 Å². The van der Waals surface area contributed by atoms with Gasteiger partial charge in [0.15, 0.2) is 5.96 Å². The van der Waals surface area contributed by atoms with Gasteiger partial charge in [-0.15, -0.1) is 0 Å². The maximum Gasteiger partial charge on any atom is 0.215 e. The Morgan fingerprint density at radius 1 is 1.24 bits per heavy atom. The van der Waals surface area contributed by atoms with Crippen LogP contribution in [-0.4, -0.2) is 28.0 Å². The minimum absolute atomic E-state index is 0.0227. The van der Waals surface area contributed by atoms with Gasteiger partial charge in [-0.2, -0.15) is 0 Å². The fraction of sp³-hybridized carbons (Fsp3) is 0.500. The van der Waals surface area contributed by atoms with Gasteiger partial charge in [0.05, 0.1) is 12.3 Å². The van der Waals surface area contributed by atoms with Crippen LogP contribution in [0.4, 0.5) is 0 Å². The Morgan fingerprint density at radius 2 is 1.81 bits per heavy atom. The molecule has 0 unspecified atom stereocenters. The van der Waals surface area contributed by atoms with Crippen LogP contribution in [0.5, 0.6) is 0 Å². The first-order chi connectivity index (χ1) is 9.82. The summed E-state index contributed by atoms with van der Waals surface area (Å²) in [4.78, 5) is 4.24. The lowest BCUT2D eigenvalue weighted by atomic mass is 10.1. The molecular formula is C14H24N4O2S. The molecule has 7 heteroatoms. The Balaban J connectivity index is 2.57. The number of nitrogens with one attached hydrogen (secondary N) is 2. The summed E-state index contributed by atoms with van der Waals surface area (Å²) in [5, 5.41) is 3.04. The maximum atomic E-state index is 11.4. The van der Waals surface area contributed by atoms with E-state index in [-0.39, 0.29) is 5.75 Å². The summed E-state index contributed by atoms with van der Waals surface area (Å²) in [5.74, 6) is 0.906. The standard InChI is InChI=1S/C14H24N4O2S/c1-11(2)8-17-14(15)18-9-12-4-6-13(7-5-12)10-21(19,20)16-3/h4-7,11,16H,8-10H2,1-3H3,(H3,15,17,18). The highest BCUT2D eigenvalue weighted by Gasteiger charge is 2.07. The third kappa shape index (κ3) is 7.10. The number of benzene rings is 1. The quantitative estimate of drug-likeness (QED) is 0.512. The second-order valence-corrected chi connectivity index (χ2v) is 7.18. The molecule has 0 amide bonds. The van der Waals surface area contributed by atoms with Gasteiger partial charge in [0.1, 0.15) is 0 Å². The van der Waals surface area contributed by atoms with E-state index in [1.165, 1.54) is 7.05 Å². The number of hydrogen-bond acceptors (Lipinski definition) is 3. The molecule has 1 aromatic carbocycles. The van der Waals surface area contributed by atoms with E-state index in [0.717, 1.165) is 17.7 Å². The molecule has 0 radical (unpaired) electrons. The first-order valence-electron chi connectivity index (χ1n) is 6.85. The van der Waals surface area contributed by atoms with E-state index >= 15 is 0 Å². The van der Waals surface area contributed by atoms with Crippen molar-refractivity contribution >= 4 is 16.0 Å². The third-order valence-corrected chi connectivity index (χ3v) is 4.15. The second-order valence-electron chi connectivity index (χ2n) is 5.26. The van der Waals surface area contributed by atoms with Gasteiger partial charge >= 0.3 is 0 Å². The molecule has 0 saturated carbocycles. The van der Waals surface area contributed by atoms with E-state index in [9.17, 15) is 8.42 Å². The van der Waals surface area contributed by atoms with E-state index < -0.39 is 10.0 Å². The fourth-order valence-electron chi connectivity index (χ4n) is 1.57. The van der Waals surface area contributed by atoms with Crippen LogP contribution in [0.25, 0.3) is 0 Å². The van der Waals surface area contributed by atoms with E-state index in [1.807, 2.05) is 12.1 Å². The lowest BCUT2D eigenvalue weighted by Gasteiger charge is -2.08. The van der Waals surface area contributed by atoms with Crippen molar-refractivity contribution in [3.63, 3.8) is 0 Å². The summed E-state index contributed by atoms with van der Waals surface area (Å²) in [7, 11) is -1.83. The predicted molar refractivity (Wildman–Crippen MR) is 86.3 cm³/mol. The highest BCUT2D eigenvalue weighted by molar-refractivity contribution is 7.88. The fourth-order valence-corrected chi connectivity index (χ4v) is 2.35. The Kier molecular flexibility index (Phi) is 6.64. The number of sulfonamides is 1. The molecule has 0 aliphatic heterocycles. The van der Waals surface area contributed by atoms with E-state index in [1.54, 1.807) is 12.1 Å². The normalized spacial score (nSPS) is 12.7. The van der Waals surface area contributed by atoms with Crippen molar-refractivity contribution in [2.45, 2.75) is 26.1 Å². The lowest BCUT2D eigenvalue weighted by molar-refractivity contribution is 0.587. The molecule has 4 N–H and O–H groups in total. The highest BCUT2D eigenvalue weighted by atomic mass is 32.2. The number of aliphatic imine (C=N–C) groups is 1. The summed E-state index contributed by atoms with van der Waals surface area (Å²) < 4.78 is 25.2. The van der Waals surface area contributed by atoms with Gasteiger partial charge in [0.25, 0.3) is 0 Å². The van der Waals surface area contributed by atoms with Crippen LogP contribution in [0.15, 0.2) is 29.3 Å². The zero-order valence-corrected chi connectivity index (χ0v) is 13.6. The van der Waals surface area contributed by atoms with Crippen molar-refractivity contribution < 1.29 is 8.42 Å². The van der Waals surface area contributed by atoms with Crippen LogP contribution < -0.4 is 15.8 Å². The summed E-state index contributed by atoms with van der Waals surface area (Å²) in [6, 6.07) is 7.30. The monoisotopic (exact) mass is 312 g/mol. The molecule has 1 rings (SSSR count). The third-order valence-electron chi connectivity index (χ3n) is 2.81. The van der Waals surface area contributed by atoms with Gasteiger partial charge in [-0.05, 0) is 24.1 Å². The first kappa shape index (κ1) is 17.5. The van der Waals surface area contributed by atoms with Crippen molar-refractivity contribution in [2.75, 3.05) is 13.6 Å². The minimum atomic E-state index is -3.23. The molecule has 0 atom stereocenters. The van der Waals surface area contributed by atoms with Crippen LogP contribution >= 0.6 is 0 Å². The molecule has 6 nitrogen and oxygen atoms in total. The van der Waals surface area contributed by atoms with Crippen molar-refractivity contribution in [2.24, 2.45) is 16.6 Å². The van der Waals surface area contributed by atoms with Gasteiger partial charge in [0.2, 0.25) is 10.0 Å². The van der Waals surface area contributed by atoms with Gasteiger partial charge in [0, 0.05) is 6.54 Å². The first-order valence-corrected chi connectivity index (χ1v) is 8.50. The van der Waals surface area contributed by atoms with Crippen LogP contribution in [0, 0.1) is 5.92 Å². The van der Waals surface area contributed by atoms with Gasteiger partial charge in [-0.3, -0.25) is 0 Å². The number of nitrogens with two attached hydrogens (primary N) is 1. The summed E-state index contributed by atoms with van der Waals surface area (Å²) in [6.07, 6.45) is 0. The Bertz CT molecular complexity index is 565. The Labute approximate surface area is 126 Å². The largest absolute Gasteiger partial charge is 0.370 e. The smallest absolute Gasteiger partial charge is 0.215 e.